The zero-order valence-corrected chi connectivity index (χ0v) is 41.7. The molecule has 2 N–H and O–H groups in total. The zero-order chi connectivity index (χ0) is 49.1. The standard InChI is InChI=1S/C50H85N3O16/c1-2-3-4-5-6-7-8-9-10-11-12-19-58-21-23-60-25-27-62-29-31-64-33-35-66-37-39-68-41-42-69-40-38-67-36-34-65-32-30-63-28-26-61-24-22-59-20-18-51-44-15-13-14-43-47(44)50(57)53(49(43)56)45-16-17-46(54)52-48(45)55/h13-15,45,51H,2-12,16-42H2,1H3,(H,52,54,55). The van der Waals surface area contributed by atoms with Gasteiger partial charge in [0.15, 0.2) is 0 Å². The van der Waals surface area contributed by atoms with E-state index >= 15 is 0 Å². The summed E-state index contributed by atoms with van der Waals surface area (Å²) in [5.41, 5.74) is 0.908. The number of anilines is 1. The summed E-state index contributed by atoms with van der Waals surface area (Å²) in [6, 6.07) is 3.91. The van der Waals surface area contributed by atoms with Gasteiger partial charge in [0.2, 0.25) is 11.8 Å². The molecule has 1 aromatic carbocycles. The van der Waals surface area contributed by atoms with E-state index in [-0.39, 0.29) is 24.0 Å². The second kappa shape index (κ2) is 42.5. The van der Waals surface area contributed by atoms with Crippen molar-refractivity contribution in [2.45, 2.75) is 96.4 Å². The van der Waals surface area contributed by atoms with E-state index in [1.165, 1.54) is 64.2 Å². The molecule has 1 atom stereocenters. The molecule has 0 spiro atoms. The number of carbonyl (C=O) groups is 4. The molecule has 69 heavy (non-hydrogen) atoms. The lowest BCUT2D eigenvalue weighted by atomic mass is 10.0. The van der Waals surface area contributed by atoms with Crippen molar-refractivity contribution < 1.29 is 76.0 Å². The van der Waals surface area contributed by atoms with Gasteiger partial charge in [0.05, 0.1) is 163 Å². The number of hydrogen-bond donors (Lipinski definition) is 2. The number of ether oxygens (including phenoxy) is 12. The van der Waals surface area contributed by atoms with Crippen LogP contribution >= 0.6 is 0 Å². The summed E-state index contributed by atoms with van der Waals surface area (Å²) in [5, 5.41) is 5.34. The number of nitrogens with zero attached hydrogens (tertiary/aromatic N) is 1. The van der Waals surface area contributed by atoms with Crippen LogP contribution in [0.5, 0.6) is 0 Å². The van der Waals surface area contributed by atoms with Gasteiger partial charge in [-0.25, -0.2) is 0 Å². The summed E-state index contributed by atoms with van der Waals surface area (Å²) < 4.78 is 66.6. The molecule has 1 unspecified atom stereocenters. The Kier molecular flexibility index (Phi) is 37.0. The maximum atomic E-state index is 13.2. The predicted molar refractivity (Wildman–Crippen MR) is 258 cm³/mol. The molecule has 2 aliphatic heterocycles. The van der Waals surface area contributed by atoms with Gasteiger partial charge in [-0.1, -0.05) is 77.2 Å². The van der Waals surface area contributed by atoms with E-state index in [1.807, 2.05) is 0 Å². The summed E-state index contributed by atoms with van der Waals surface area (Å²) in [6.07, 6.45) is 14.9. The minimum atomic E-state index is -1.01. The highest BCUT2D eigenvalue weighted by molar-refractivity contribution is 6.25. The van der Waals surface area contributed by atoms with E-state index < -0.39 is 29.7 Å². The van der Waals surface area contributed by atoms with Gasteiger partial charge in [-0.3, -0.25) is 29.4 Å². The Hall–Kier alpha value is -3.18. The lowest BCUT2D eigenvalue weighted by molar-refractivity contribution is -0.136. The molecule has 396 valence electrons. The molecule has 0 bridgehead atoms. The molecule has 1 fully saturated rings. The van der Waals surface area contributed by atoms with E-state index in [2.05, 4.69) is 17.6 Å². The van der Waals surface area contributed by atoms with Crippen molar-refractivity contribution in [2.24, 2.45) is 0 Å². The lowest BCUT2D eigenvalue weighted by Crippen LogP contribution is -2.54. The quantitative estimate of drug-likeness (QED) is 0.0650. The van der Waals surface area contributed by atoms with Gasteiger partial charge in [0, 0.05) is 25.3 Å². The average Bonchev–Trinajstić information content (AvgIpc) is 3.60. The van der Waals surface area contributed by atoms with Gasteiger partial charge in [0.25, 0.3) is 11.8 Å². The number of piperidine rings is 1. The smallest absolute Gasteiger partial charge is 0.264 e. The summed E-state index contributed by atoms with van der Waals surface area (Å²) in [7, 11) is 0. The van der Waals surface area contributed by atoms with Crippen LogP contribution in [0.1, 0.15) is 111 Å². The maximum absolute atomic E-state index is 13.2. The molecule has 2 aliphatic rings. The number of imide groups is 2. The van der Waals surface area contributed by atoms with Crippen molar-refractivity contribution >= 4 is 29.3 Å². The van der Waals surface area contributed by atoms with Crippen molar-refractivity contribution in [1.29, 1.82) is 0 Å². The molecule has 0 saturated carbocycles. The van der Waals surface area contributed by atoms with Gasteiger partial charge < -0.3 is 62.2 Å². The zero-order valence-electron chi connectivity index (χ0n) is 41.7. The molecule has 19 nitrogen and oxygen atoms in total. The van der Waals surface area contributed by atoms with Crippen molar-refractivity contribution in [3.05, 3.63) is 29.3 Å². The summed E-state index contributed by atoms with van der Waals surface area (Å²) in [6.45, 7) is 14.5. The summed E-state index contributed by atoms with van der Waals surface area (Å²) in [4.78, 5) is 51.0. The van der Waals surface area contributed by atoms with Crippen LogP contribution in [-0.2, 0) is 66.4 Å². The molecule has 3 rings (SSSR count). The van der Waals surface area contributed by atoms with E-state index in [1.54, 1.807) is 18.2 Å². The number of fused-ring (bicyclic) bond motifs is 1. The third-order valence-corrected chi connectivity index (χ3v) is 11.0. The first-order valence-corrected chi connectivity index (χ1v) is 25.6. The van der Waals surface area contributed by atoms with Gasteiger partial charge in [-0.05, 0) is 25.0 Å². The Balaban J connectivity index is 0.930. The monoisotopic (exact) mass is 984 g/mol. The van der Waals surface area contributed by atoms with Crippen molar-refractivity contribution in [3.8, 4) is 0 Å². The van der Waals surface area contributed by atoms with E-state index in [0.717, 1.165) is 17.9 Å². The summed E-state index contributed by atoms with van der Waals surface area (Å²) >= 11 is 0. The molecule has 4 amide bonds. The molecule has 0 radical (unpaired) electrons. The number of hydrogen-bond acceptors (Lipinski definition) is 17. The number of carbonyl (C=O) groups excluding carboxylic acids is 4. The van der Waals surface area contributed by atoms with E-state index in [9.17, 15) is 19.2 Å². The van der Waals surface area contributed by atoms with Crippen molar-refractivity contribution in [3.63, 3.8) is 0 Å². The molecule has 0 aromatic heterocycles. The average molecular weight is 984 g/mol. The Morgan fingerprint density at radius 2 is 0.826 bits per heavy atom. The number of amides is 4. The first kappa shape index (κ1) is 60.1. The minimum absolute atomic E-state index is 0.0648. The third kappa shape index (κ3) is 29.1. The molecule has 1 aromatic rings. The van der Waals surface area contributed by atoms with Gasteiger partial charge in [0.1, 0.15) is 6.04 Å². The second-order valence-corrected chi connectivity index (χ2v) is 16.5. The van der Waals surface area contributed by atoms with Crippen LogP contribution in [-0.4, -0.2) is 200 Å². The maximum Gasteiger partial charge on any atom is 0.264 e. The van der Waals surface area contributed by atoms with E-state index in [4.69, 9.17) is 56.8 Å². The Morgan fingerprint density at radius 1 is 0.464 bits per heavy atom. The third-order valence-electron chi connectivity index (χ3n) is 11.0. The number of nitrogens with one attached hydrogen (secondary N) is 2. The molecule has 0 aliphatic carbocycles. The SMILES string of the molecule is CCCCCCCCCCCCCOCCOCCOCCOCCOCCOCCOCCOCCOCCOCCOCCOCCNc1cccc2c1C(=O)N(C1CCC(=O)NC1=O)C2=O. The van der Waals surface area contributed by atoms with Crippen LogP contribution in [0.2, 0.25) is 0 Å². The number of unbranched alkanes of at least 4 members (excludes halogenated alkanes) is 10. The fraction of sp³-hybridized carbons (Fsp3) is 0.800. The van der Waals surface area contributed by atoms with Crippen LogP contribution in [0.25, 0.3) is 0 Å². The Bertz CT molecular complexity index is 1480. The summed E-state index contributed by atoms with van der Waals surface area (Å²) in [5.74, 6) is -2.17. The van der Waals surface area contributed by atoms with Crippen molar-refractivity contribution in [1.82, 2.24) is 10.2 Å². The largest absolute Gasteiger partial charge is 0.382 e. The minimum Gasteiger partial charge on any atom is -0.382 e. The highest BCUT2D eigenvalue weighted by atomic mass is 16.6. The normalized spacial score (nSPS) is 14.9. The first-order valence-electron chi connectivity index (χ1n) is 25.6. The molecular formula is C50H85N3O16. The van der Waals surface area contributed by atoms with Gasteiger partial charge >= 0.3 is 0 Å². The van der Waals surface area contributed by atoms with Crippen LogP contribution in [0.3, 0.4) is 0 Å². The highest BCUT2D eigenvalue weighted by Crippen LogP contribution is 2.32. The molecule has 19 heteroatoms. The van der Waals surface area contributed by atoms with Crippen LogP contribution < -0.4 is 10.6 Å². The first-order chi connectivity index (χ1) is 34.0. The van der Waals surface area contributed by atoms with E-state index in [0.29, 0.717) is 164 Å². The van der Waals surface area contributed by atoms with Crippen LogP contribution in [0.15, 0.2) is 18.2 Å². The predicted octanol–water partition coefficient (Wildman–Crippen LogP) is 5.01. The second-order valence-electron chi connectivity index (χ2n) is 16.5. The van der Waals surface area contributed by atoms with Crippen LogP contribution in [0, 0.1) is 0 Å². The molecular weight excluding hydrogens is 899 g/mol. The number of rotatable bonds is 50. The fourth-order valence-electron chi connectivity index (χ4n) is 7.31. The van der Waals surface area contributed by atoms with Crippen LogP contribution in [0.4, 0.5) is 5.69 Å². The fourth-order valence-corrected chi connectivity index (χ4v) is 7.31. The highest BCUT2D eigenvalue weighted by Gasteiger charge is 2.45. The lowest BCUT2D eigenvalue weighted by Gasteiger charge is -2.27. The molecule has 1 saturated heterocycles. The Morgan fingerprint density at radius 3 is 1.22 bits per heavy atom. The van der Waals surface area contributed by atoms with Gasteiger partial charge in [-0.2, -0.15) is 0 Å². The number of benzene rings is 1. The van der Waals surface area contributed by atoms with Crippen molar-refractivity contribution in [2.75, 3.05) is 170 Å². The molecule has 2 heterocycles. The topological polar surface area (TPSA) is 206 Å². The Labute approximate surface area is 410 Å². The van der Waals surface area contributed by atoms with Gasteiger partial charge in [-0.15, -0.1) is 0 Å².